The number of carbonyl (C=O) groups is 1. The molecule has 1 aromatic heterocycles. The van der Waals surface area contributed by atoms with Crippen LogP contribution in [0, 0.1) is 0 Å². The molecule has 1 aromatic rings. The monoisotopic (exact) mass is 229 g/mol. The van der Waals surface area contributed by atoms with Crippen LogP contribution in [0.25, 0.3) is 0 Å². The molecule has 0 spiro atoms. The number of carbonyl (C=O) groups excluding carboxylic acids is 1. The normalized spacial score (nSPS) is 10.3. The molecule has 0 atom stereocenters. The summed E-state index contributed by atoms with van der Waals surface area (Å²) in [6, 6.07) is 1.95. The maximum atomic E-state index is 11.2. The molecule has 0 saturated heterocycles. The molecule has 84 valence electrons. The first kappa shape index (κ1) is 12.0. The topological polar surface area (TPSA) is 46.9 Å². The Morgan fingerprint density at radius 1 is 1.67 bits per heavy atom. The highest BCUT2D eigenvalue weighted by Gasteiger charge is 2.01. The first-order valence-electron chi connectivity index (χ1n) is 5.03. The minimum absolute atomic E-state index is 0.0674. The fraction of sp³-hybridized carbons (Fsp3) is 0.600. The van der Waals surface area contributed by atoms with Crippen molar-refractivity contribution >= 4 is 17.5 Å². The van der Waals surface area contributed by atoms with Crippen molar-refractivity contribution in [2.75, 3.05) is 12.4 Å². The number of rotatable bonds is 6. The van der Waals surface area contributed by atoms with Gasteiger partial charge < -0.3 is 5.32 Å². The summed E-state index contributed by atoms with van der Waals surface area (Å²) in [5, 5.41) is 6.89. The van der Waals surface area contributed by atoms with Gasteiger partial charge in [0.05, 0.1) is 0 Å². The van der Waals surface area contributed by atoms with Gasteiger partial charge in [-0.25, -0.2) is 0 Å². The Balaban J connectivity index is 2.16. The van der Waals surface area contributed by atoms with E-state index in [9.17, 15) is 4.79 Å². The van der Waals surface area contributed by atoms with Crippen molar-refractivity contribution in [2.24, 2.45) is 7.05 Å². The van der Waals surface area contributed by atoms with Crippen LogP contribution in [0.1, 0.15) is 18.5 Å². The number of nitrogens with one attached hydrogen (secondary N) is 1. The van der Waals surface area contributed by atoms with E-state index in [-0.39, 0.29) is 5.91 Å². The summed E-state index contributed by atoms with van der Waals surface area (Å²) >= 11 is 5.49. The SMILES string of the molecule is Cn1nccc1CCNC(=O)CCCCl. The molecule has 0 saturated carbocycles. The van der Waals surface area contributed by atoms with E-state index in [2.05, 4.69) is 10.4 Å². The van der Waals surface area contributed by atoms with Gasteiger partial charge in [0.1, 0.15) is 0 Å². The molecule has 4 nitrogen and oxygen atoms in total. The van der Waals surface area contributed by atoms with E-state index < -0.39 is 0 Å². The van der Waals surface area contributed by atoms with Gasteiger partial charge in [-0.1, -0.05) is 0 Å². The second-order valence-corrected chi connectivity index (χ2v) is 3.72. The van der Waals surface area contributed by atoms with Crippen molar-refractivity contribution in [2.45, 2.75) is 19.3 Å². The Hall–Kier alpha value is -1.03. The van der Waals surface area contributed by atoms with E-state index in [4.69, 9.17) is 11.6 Å². The van der Waals surface area contributed by atoms with Crippen LogP contribution in [0.5, 0.6) is 0 Å². The number of hydrogen-bond acceptors (Lipinski definition) is 2. The van der Waals surface area contributed by atoms with E-state index in [1.807, 2.05) is 17.8 Å². The maximum absolute atomic E-state index is 11.2. The zero-order valence-corrected chi connectivity index (χ0v) is 9.63. The Morgan fingerprint density at radius 3 is 3.07 bits per heavy atom. The molecular weight excluding hydrogens is 214 g/mol. The summed E-state index contributed by atoms with van der Waals surface area (Å²) in [5.74, 6) is 0.604. The largest absolute Gasteiger partial charge is 0.356 e. The van der Waals surface area contributed by atoms with E-state index in [1.165, 1.54) is 0 Å². The second-order valence-electron chi connectivity index (χ2n) is 3.34. The number of aryl methyl sites for hydroxylation is 1. The molecule has 0 aliphatic heterocycles. The Morgan fingerprint density at radius 2 is 2.47 bits per heavy atom. The van der Waals surface area contributed by atoms with Crippen LogP contribution in [0.3, 0.4) is 0 Å². The van der Waals surface area contributed by atoms with Gasteiger partial charge in [0, 0.05) is 44.2 Å². The fourth-order valence-electron chi connectivity index (χ4n) is 1.29. The van der Waals surface area contributed by atoms with Crippen molar-refractivity contribution in [3.05, 3.63) is 18.0 Å². The molecule has 1 N–H and O–H groups in total. The molecule has 0 bridgehead atoms. The highest BCUT2D eigenvalue weighted by molar-refractivity contribution is 6.17. The molecule has 0 radical (unpaired) electrons. The molecule has 0 fully saturated rings. The molecule has 0 unspecified atom stereocenters. The predicted octanol–water partition coefficient (Wildman–Crippen LogP) is 1.10. The number of aromatic nitrogens is 2. The van der Waals surface area contributed by atoms with Gasteiger partial charge in [-0.15, -0.1) is 11.6 Å². The lowest BCUT2D eigenvalue weighted by Crippen LogP contribution is -2.25. The van der Waals surface area contributed by atoms with Crippen LogP contribution in [-0.4, -0.2) is 28.1 Å². The Bertz CT molecular complexity index is 311. The first-order valence-corrected chi connectivity index (χ1v) is 5.57. The summed E-state index contributed by atoms with van der Waals surface area (Å²) in [7, 11) is 1.89. The molecule has 1 rings (SSSR count). The summed E-state index contributed by atoms with van der Waals surface area (Å²) in [6.45, 7) is 0.653. The minimum Gasteiger partial charge on any atom is -0.356 e. The smallest absolute Gasteiger partial charge is 0.220 e. The standard InChI is InChI=1S/C10H16ClN3O/c1-14-9(5-8-13-14)4-7-12-10(15)3-2-6-11/h5,8H,2-4,6-7H2,1H3,(H,12,15). The van der Waals surface area contributed by atoms with Crippen LogP contribution in [-0.2, 0) is 18.3 Å². The quantitative estimate of drug-likeness (QED) is 0.743. The van der Waals surface area contributed by atoms with Crippen molar-refractivity contribution in [1.82, 2.24) is 15.1 Å². The second kappa shape index (κ2) is 6.45. The Kier molecular flexibility index (Phi) is 5.18. The summed E-state index contributed by atoms with van der Waals surface area (Å²) in [5.41, 5.74) is 1.12. The van der Waals surface area contributed by atoms with Gasteiger partial charge >= 0.3 is 0 Å². The van der Waals surface area contributed by atoms with Crippen LogP contribution >= 0.6 is 11.6 Å². The number of halogens is 1. The number of hydrogen-bond donors (Lipinski definition) is 1. The van der Waals surface area contributed by atoms with Gasteiger partial charge in [-0.2, -0.15) is 5.10 Å². The van der Waals surface area contributed by atoms with Crippen LogP contribution in [0.2, 0.25) is 0 Å². The van der Waals surface area contributed by atoms with E-state index in [0.717, 1.165) is 18.5 Å². The summed E-state index contributed by atoms with van der Waals surface area (Å²) < 4.78 is 1.81. The summed E-state index contributed by atoms with van der Waals surface area (Å²) in [4.78, 5) is 11.2. The first-order chi connectivity index (χ1) is 7.24. The molecule has 0 aliphatic carbocycles. The molecular formula is C10H16ClN3O. The van der Waals surface area contributed by atoms with Crippen LogP contribution in [0.15, 0.2) is 12.3 Å². The molecule has 5 heteroatoms. The predicted molar refractivity (Wildman–Crippen MR) is 59.9 cm³/mol. The van der Waals surface area contributed by atoms with Crippen LogP contribution < -0.4 is 5.32 Å². The van der Waals surface area contributed by atoms with Crippen molar-refractivity contribution in [1.29, 1.82) is 0 Å². The minimum atomic E-state index is 0.0674. The average molecular weight is 230 g/mol. The van der Waals surface area contributed by atoms with Crippen molar-refractivity contribution in [3.63, 3.8) is 0 Å². The lowest BCUT2D eigenvalue weighted by Gasteiger charge is -2.04. The van der Waals surface area contributed by atoms with E-state index in [0.29, 0.717) is 18.8 Å². The fourth-order valence-corrected chi connectivity index (χ4v) is 1.43. The third-order valence-electron chi connectivity index (χ3n) is 2.16. The lowest BCUT2D eigenvalue weighted by atomic mass is 10.3. The van der Waals surface area contributed by atoms with Gasteiger partial charge in [0.25, 0.3) is 0 Å². The number of alkyl halides is 1. The Labute approximate surface area is 94.6 Å². The van der Waals surface area contributed by atoms with Gasteiger partial charge in [0.15, 0.2) is 0 Å². The van der Waals surface area contributed by atoms with Gasteiger partial charge in [0.2, 0.25) is 5.91 Å². The number of amides is 1. The molecule has 15 heavy (non-hydrogen) atoms. The molecule has 1 heterocycles. The van der Waals surface area contributed by atoms with Gasteiger partial charge in [-0.3, -0.25) is 9.48 Å². The highest BCUT2D eigenvalue weighted by Crippen LogP contribution is 1.96. The summed E-state index contributed by atoms with van der Waals surface area (Å²) in [6.07, 6.45) is 3.81. The zero-order valence-electron chi connectivity index (χ0n) is 8.87. The van der Waals surface area contributed by atoms with Crippen LogP contribution in [0.4, 0.5) is 0 Å². The molecule has 0 aromatic carbocycles. The average Bonchev–Trinajstić information content (AvgIpc) is 2.61. The lowest BCUT2D eigenvalue weighted by molar-refractivity contribution is -0.121. The van der Waals surface area contributed by atoms with Crippen molar-refractivity contribution in [3.8, 4) is 0 Å². The van der Waals surface area contributed by atoms with E-state index >= 15 is 0 Å². The van der Waals surface area contributed by atoms with E-state index in [1.54, 1.807) is 6.20 Å². The van der Waals surface area contributed by atoms with Gasteiger partial charge in [-0.05, 0) is 12.5 Å². The zero-order chi connectivity index (χ0) is 11.1. The third-order valence-corrected chi connectivity index (χ3v) is 2.43. The molecule has 1 amide bonds. The van der Waals surface area contributed by atoms with Crippen molar-refractivity contribution < 1.29 is 4.79 Å². The molecule has 0 aliphatic rings. The maximum Gasteiger partial charge on any atom is 0.220 e. The number of nitrogens with zero attached hydrogens (tertiary/aromatic N) is 2. The highest BCUT2D eigenvalue weighted by atomic mass is 35.5. The third kappa shape index (κ3) is 4.34.